The highest BCUT2D eigenvalue weighted by Gasteiger charge is 2.47. The highest BCUT2D eigenvalue weighted by atomic mass is 16.3. The maximum atomic E-state index is 12.6. The Balaban J connectivity index is 1.25. The van der Waals surface area contributed by atoms with Crippen molar-refractivity contribution in [3.05, 3.63) is 60.1 Å². The van der Waals surface area contributed by atoms with Gasteiger partial charge in [0.25, 0.3) is 0 Å². The Hall–Kier alpha value is -2.07. The minimum atomic E-state index is 0.123. The molecule has 1 aromatic carbocycles. The summed E-state index contributed by atoms with van der Waals surface area (Å²) >= 11 is 0. The molecule has 2 aliphatic rings. The first kappa shape index (κ1) is 16.4. The Morgan fingerprint density at radius 2 is 2.08 bits per heavy atom. The summed E-state index contributed by atoms with van der Waals surface area (Å²) in [5.74, 6) is 2.24. The molecule has 1 aliphatic carbocycles. The monoisotopic (exact) mass is 338 g/mol. The molecule has 2 fully saturated rings. The smallest absolute Gasteiger partial charge is 0.226 e. The van der Waals surface area contributed by atoms with Gasteiger partial charge in [0, 0.05) is 38.5 Å². The predicted molar refractivity (Wildman–Crippen MR) is 97.0 cm³/mol. The Kier molecular flexibility index (Phi) is 4.62. The molecule has 4 nitrogen and oxygen atoms in total. The summed E-state index contributed by atoms with van der Waals surface area (Å²) in [5.41, 5.74) is 1.37. The van der Waals surface area contributed by atoms with Crippen LogP contribution in [-0.4, -0.2) is 42.4 Å². The topological polar surface area (TPSA) is 36.7 Å². The van der Waals surface area contributed by atoms with Crippen molar-refractivity contribution in [1.82, 2.24) is 9.80 Å². The second-order valence-electron chi connectivity index (χ2n) is 7.56. The van der Waals surface area contributed by atoms with Gasteiger partial charge in [-0.15, -0.1) is 0 Å². The second kappa shape index (κ2) is 7.04. The van der Waals surface area contributed by atoms with Crippen molar-refractivity contribution in [2.24, 2.45) is 11.8 Å². The molecule has 3 atom stereocenters. The van der Waals surface area contributed by atoms with Crippen LogP contribution in [0.1, 0.15) is 30.1 Å². The predicted octanol–water partition coefficient (Wildman–Crippen LogP) is 3.36. The van der Waals surface area contributed by atoms with Gasteiger partial charge in [0.2, 0.25) is 5.91 Å². The summed E-state index contributed by atoms with van der Waals surface area (Å²) in [6.07, 6.45) is 3.80. The molecule has 0 N–H and O–H groups in total. The van der Waals surface area contributed by atoms with Crippen LogP contribution in [0.3, 0.4) is 0 Å². The minimum Gasteiger partial charge on any atom is -0.469 e. The van der Waals surface area contributed by atoms with Gasteiger partial charge in [-0.05, 0) is 43.0 Å². The molecule has 0 radical (unpaired) electrons. The number of hydrogen-bond acceptors (Lipinski definition) is 3. The van der Waals surface area contributed by atoms with Crippen LogP contribution in [0.25, 0.3) is 0 Å². The lowest BCUT2D eigenvalue weighted by Crippen LogP contribution is -2.34. The fraction of sp³-hybridized carbons (Fsp3) is 0.476. The number of furan rings is 1. The zero-order valence-corrected chi connectivity index (χ0v) is 14.8. The van der Waals surface area contributed by atoms with E-state index in [1.54, 1.807) is 6.26 Å². The van der Waals surface area contributed by atoms with E-state index in [2.05, 4.69) is 35.2 Å². The van der Waals surface area contributed by atoms with Crippen molar-refractivity contribution in [2.45, 2.75) is 25.3 Å². The molecule has 132 valence electrons. The van der Waals surface area contributed by atoms with Gasteiger partial charge in [0.05, 0.1) is 6.26 Å². The second-order valence-corrected chi connectivity index (χ2v) is 7.56. The molecule has 2 heterocycles. The lowest BCUT2D eigenvalue weighted by atomic mass is 10.1. The van der Waals surface area contributed by atoms with Gasteiger partial charge in [0.15, 0.2) is 0 Å². The molecule has 0 spiro atoms. The third-order valence-electron chi connectivity index (χ3n) is 5.54. The maximum Gasteiger partial charge on any atom is 0.226 e. The number of hydrogen-bond donors (Lipinski definition) is 0. The number of nitrogens with zero attached hydrogens (tertiary/aromatic N) is 2. The molecular weight excluding hydrogens is 312 g/mol. The summed E-state index contributed by atoms with van der Waals surface area (Å²) in [7, 11) is 1.96. The molecule has 1 aromatic heterocycles. The van der Waals surface area contributed by atoms with Crippen LogP contribution in [0.15, 0.2) is 53.1 Å². The van der Waals surface area contributed by atoms with Gasteiger partial charge >= 0.3 is 0 Å². The summed E-state index contributed by atoms with van der Waals surface area (Å²) in [5, 5.41) is 0. The molecule has 1 amide bonds. The van der Waals surface area contributed by atoms with Crippen LogP contribution in [0, 0.1) is 11.8 Å². The number of amides is 1. The Morgan fingerprint density at radius 3 is 2.84 bits per heavy atom. The van der Waals surface area contributed by atoms with Crippen LogP contribution in [0.2, 0.25) is 0 Å². The average molecular weight is 338 g/mol. The van der Waals surface area contributed by atoms with Crippen molar-refractivity contribution in [3.8, 4) is 0 Å². The van der Waals surface area contributed by atoms with E-state index >= 15 is 0 Å². The Morgan fingerprint density at radius 1 is 1.24 bits per heavy atom. The summed E-state index contributed by atoms with van der Waals surface area (Å²) in [4.78, 5) is 17.1. The lowest BCUT2D eigenvalue weighted by molar-refractivity contribution is -0.131. The first-order chi connectivity index (χ1) is 12.2. The standard InChI is InChI=1S/C21H26N2O2/c1-22(21(24)19-12-18(19)20-8-5-11-25-20)13-17-9-10-23(15-17)14-16-6-3-2-4-7-16/h2-8,11,17-19H,9-10,12-15H2,1H3/t17-,18+,19-/m0/s1. The zero-order chi connectivity index (χ0) is 17.2. The van der Waals surface area contributed by atoms with Crippen molar-refractivity contribution in [3.63, 3.8) is 0 Å². The van der Waals surface area contributed by atoms with Crippen LogP contribution in [0.4, 0.5) is 0 Å². The fourth-order valence-electron chi connectivity index (χ4n) is 4.09. The van der Waals surface area contributed by atoms with E-state index < -0.39 is 0 Å². The third kappa shape index (κ3) is 3.79. The van der Waals surface area contributed by atoms with Crippen molar-refractivity contribution in [2.75, 3.05) is 26.7 Å². The molecule has 4 heteroatoms. The molecule has 1 saturated carbocycles. The maximum absolute atomic E-state index is 12.6. The minimum absolute atomic E-state index is 0.123. The molecule has 2 aromatic rings. The number of benzene rings is 1. The van der Waals surface area contributed by atoms with E-state index in [0.29, 0.717) is 11.8 Å². The van der Waals surface area contributed by atoms with Gasteiger partial charge in [-0.25, -0.2) is 0 Å². The van der Waals surface area contributed by atoms with Gasteiger partial charge in [-0.1, -0.05) is 30.3 Å². The van der Waals surface area contributed by atoms with Crippen LogP contribution in [-0.2, 0) is 11.3 Å². The van der Waals surface area contributed by atoms with Gasteiger partial charge in [-0.3, -0.25) is 9.69 Å². The highest BCUT2D eigenvalue weighted by Crippen LogP contribution is 2.48. The number of carbonyl (C=O) groups excluding carboxylic acids is 1. The summed E-state index contributed by atoms with van der Waals surface area (Å²) in [6, 6.07) is 14.5. The van der Waals surface area contributed by atoms with E-state index in [1.807, 2.05) is 24.1 Å². The number of carbonyl (C=O) groups is 1. The summed E-state index contributed by atoms with van der Waals surface area (Å²) < 4.78 is 5.44. The molecule has 1 saturated heterocycles. The van der Waals surface area contributed by atoms with Crippen molar-refractivity contribution < 1.29 is 9.21 Å². The van der Waals surface area contributed by atoms with Crippen LogP contribution < -0.4 is 0 Å². The van der Waals surface area contributed by atoms with Crippen molar-refractivity contribution >= 4 is 5.91 Å². The quantitative estimate of drug-likeness (QED) is 0.810. The number of rotatable bonds is 6. The largest absolute Gasteiger partial charge is 0.469 e. The third-order valence-corrected chi connectivity index (χ3v) is 5.54. The molecule has 25 heavy (non-hydrogen) atoms. The molecular formula is C21H26N2O2. The zero-order valence-electron chi connectivity index (χ0n) is 14.8. The van der Waals surface area contributed by atoms with E-state index in [-0.39, 0.29) is 11.8 Å². The van der Waals surface area contributed by atoms with E-state index in [4.69, 9.17) is 4.42 Å². The molecule has 0 bridgehead atoms. The molecule has 0 unspecified atom stereocenters. The van der Waals surface area contributed by atoms with E-state index in [0.717, 1.165) is 38.4 Å². The van der Waals surface area contributed by atoms with Gasteiger partial charge in [-0.2, -0.15) is 0 Å². The summed E-state index contributed by atoms with van der Waals surface area (Å²) in [6.45, 7) is 4.09. The van der Waals surface area contributed by atoms with Gasteiger partial charge < -0.3 is 9.32 Å². The van der Waals surface area contributed by atoms with E-state index in [9.17, 15) is 4.79 Å². The van der Waals surface area contributed by atoms with Gasteiger partial charge in [0.1, 0.15) is 5.76 Å². The molecule has 1 aliphatic heterocycles. The van der Waals surface area contributed by atoms with Crippen molar-refractivity contribution in [1.29, 1.82) is 0 Å². The fourth-order valence-corrected chi connectivity index (χ4v) is 4.09. The van der Waals surface area contributed by atoms with Crippen LogP contribution in [0.5, 0.6) is 0 Å². The number of likely N-dealkylation sites (tertiary alicyclic amines) is 1. The molecule has 4 rings (SSSR count). The van der Waals surface area contributed by atoms with Crippen LogP contribution >= 0.6 is 0 Å². The SMILES string of the molecule is CN(C[C@@H]1CCN(Cc2ccccc2)C1)C(=O)[C@H]1C[C@H]1c1ccco1. The lowest BCUT2D eigenvalue weighted by Gasteiger charge is -2.22. The Labute approximate surface area is 149 Å². The average Bonchev–Trinajstić information content (AvgIpc) is 3.02. The first-order valence-electron chi connectivity index (χ1n) is 9.25. The first-order valence-corrected chi connectivity index (χ1v) is 9.25. The Bertz CT molecular complexity index is 698. The normalized spacial score (nSPS) is 25.9. The van der Waals surface area contributed by atoms with E-state index in [1.165, 1.54) is 12.0 Å². The highest BCUT2D eigenvalue weighted by molar-refractivity contribution is 5.82.